The Bertz CT molecular complexity index is 395. The van der Waals surface area contributed by atoms with Crippen LogP contribution < -0.4 is 0 Å². The molecular formula is C10H13F3N2O2. The van der Waals surface area contributed by atoms with Crippen molar-refractivity contribution in [1.82, 2.24) is 9.88 Å². The second kappa shape index (κ2) is 3.99. The number of likely N-dealkylation sites (tertiary alicyclic amines) is 1. The summed E-state index contributed by atoms with van der Waals surface area (Å²) >= 11 is 0. The third kappa shape index (κ3) is 2.44. The van der Waals surface area contributed by atoms with E-state index in [1.165, 1.54) is 0 Å². The number of hydrogen-bond donors (Lipinski definition) is 1. The number of hydrogen-bond acceptors (Lipinski definition) is 4. The van der Waals surface area contributed by atoms with Gasteiger partial charge >= 0.3 is 6.18 Å². The molecule has 1 aromatic rings. The average Bonchev–Trinajstić information content (AvgIpc) is 2.72. The lowest BCUT2D eigenvalue weighted by atomic mass is 9.91. The molecule has 0 radical (unpaired) electrons. The Hall–Kier alpha value is -1.08. The molecule has 0 unspecified atom stereocenters. The van der Waals surface area contributed by atoms with Crippen molar-refractivity contribution < 1.29 is 22.7 Å². The first-order valence-corrected chi connectivity index (χ1v) is 5.25. The fourth-order valence-corrected chi connectivity index (χ4v) is 1.82. The van der Waals surface area contributed by atoms with Crippen LogP contribution in [0.3, 0.4) is 0 Å². The van der Waals surface area contributed by atoms with Crippen LogP contribution >= 0.6 is 0 Å². The third-order valence-electron chi connectivity index (χ3n) is 3.01. The predicted molar refractivity (Wildman–Crippen MR) is 52.1 cm³/mol. The van der Waals surface area contributed by atoms with Crippen molar-refractivity contribution in [3.63, 3.8) is 0 Å². The van der Waals surface area contributed by atoms with Crippen LogP contribution in [0.5, 0.6) is 0 Å². The number of oxazole rings is 1. The Kier molecular flexibility index (Phi) is 2.90. The Morgan fingerprint density at radius 2 is 2.00 bits per heavy atom. The summed E-state index contributed by atoms with van der Waals surface area (Å²) in [5.74, 6) is -0.238. The van der Waals surface area contributed by atoms with E-state index in [1.807, 2.05) is 11.9 Å². The van der Waals surface area contributed by atoms with Crippen LogP contribution in [-0.2, 0) is 11.8 Å². The topological polar surface area (TPSA) is 49.5 Å². The summed E-state index contributed by atoms with van der Waals surface area (Å²) in [5.41, 5.74) is -2.48. The van der Waals surface area contributed by atoms with Crippen LogP contribution in [0.25, 0.3) is 0 Å². The van der Waals surface area contributed by atoms with Crippen molar-refractivity contribution in [2.75, 3.05) is 20.1 Å². The molecule has 1 fully saturated rings. The minimum Gasteiger partial charge on any atom is -0.445 e. The molecule has 0 spiro atoms. The maximum absolute atomic E-state index is 12.3. The van der Waals surface area contributed by atoms with E-state index in [4.69, 9.17) is 4.42 Å². The number of aliphatic hydroxyl groups is 1. The molecule has 1 aliphatic rings. The highest BCUT2D eigenvalue weighted by Gasteiger charge is 2.41. The van der Waals surface area contributed by atoms with Crippen molar-refractivity contribution >= 4 is 0 Å². The van der Waals surface area contributed by atoms with Crippen LogP contribution in [0.2, 0.25) is 0 Å². The Morgan fingerprint density at radius 3 is 2.47 bits per heavy atom. The van der Waals surface area contributed by atoms with Gasteiger partial charge in [0.25, 0.3) is 0 Å². The normalized spacial score (nSPS) is 21.7. The summed E-state index contributed by atoms with van der Waals surface area (Å²) < 4.78 is 41.8. The molecule has 0 aliphatic carbocycles. The molecule has 1 saturated heterocycles. The van der Waals surface area contributed by atoms with Gasteiger partial charge in [-0.1, -0.05) is 0 Å². The van der Waals surface area contributed by atoms with Gasteiger partial charge in [-0.05, 0) is 19.9 Å². The Balaban J connectivity index is 2.20. The molecule has 96 valence electrons. The predicted octanol–water partition coefficient (Wildman–Crippen LogP) is 1.61. The quantitative estimate of drug-likeness (QED) is 0.822. The highest BCUT2D eigenvalue weighted by molar-refractivity contribution is 5.08. The summed E-state index contributed by atoms with van der Waals surface area (Å²) in [7, 11) is 1.89. The van der Waals surface area contributed by atoms with Gasteiger partial charge < -0.3 is 14.4 Å². The van der Waals surface area contributed by atoms with E-state index >= 15 is 0 Å². The fraction of sp³-hybridized carbons (Fsp3) is 0.700. The van der Waals surface area contributed by atoms with Crippen molar-refractivity contribution in [2.24, 2.45) is 0 Å². The largest absolute Gasteiger partial charge is 0.445 e. The van der Waals surface area contributed by atoms with Crippen LogP contribution in [0, 0.1) is 0 Å². The van der Waals surface area contributed by atoms with Crippen molar-refractivity contribution in [3.8, 4) is 0 Å². The Labute approximate surface area is 96.0 Å². The summed E-state index contributed by atoms with van der Waals surface area (Å²) in [4.78, 5) is 5.33. The summed E-state index contributed by atoms with van der Waals surface area (Å²) in [6, 6.07) is 0. The van der Waals surface area contributed by atoms with Gasteiger partial charge in [0, 0.05) is 13.1 Å². The molecule has 1 aliphatic heterocycles. The molecule has 4 nitrogen and oxygen atoms in total. The highest BCUT2D eigenvalue weighted by Crippen LogP contribution is 2.35. The number of halogens is 3. The van der Waals surface area contributed by atoms with Gasteiger partial charge in [0.05, 0.1) is 0 Å². The van der Waals surface area contributed by atoms with E-state index in [9.17, 15) is 18.3 Å². The Morgan fingerprint density at radius 1 is 1.41 bits per heavy atom. The van der Waals surface area contributed by atoms with E-state index in [0.717, 1.165) is 0 Å². The van der Waals surface area contributed by atoms with Gasteiger partial charge in [-0.25, -0.2) is 4.98 Å². The second-order valence-electron chi connectivity index (χ2n) is 4.37. The zero-order valence-electron chi connectivity index (χ0n) is 9.29. The molecule has 0 amide bonds. The summed E-state index contributed by atoms with van der Waals surface area (Å²) in [5, 5.41) is 10.2. The van der Waals surface area contributed by atoms with E-state index in [1.54, 1.807) is 0 Å². The first-order valence-electron chi connectivity index (χ1n) is 5.25. The monoisotopic (exact) mass is 250 g/mol. The molecule has 7 heteroatoms. The molecule has 2 heterocycles. The molecule has 1 aromatic heterocycles. The molecule has 2 rings (SSSR count). The molecule has 0 bridgehead atoms. The summed E-state index contributed by atoms with van der Waals surface area (Å²) in [6.45, 7) is 1.19. The molecule has 17 heavy (non-hydrogen) atoms. The van der Waals surface area contributed by atoms with Crippen molar-refractivity contribution in [3.05, 3.63) is 17.8 Å². The van der Waals surface area contributed by atoms with Crippen molar-refractivity contribution in [2.45, 2.75) is 24.6 Å². The second-order valence-corrected chi connectivity index (χ2v) is 4.37. The highest BCUT2D eigenvalue weighted by atomic mass is 19.4. The number of nitrogens with zero attached hydrogens (tertiary/aromatic N) is 2. The first kappa shape index (κ1) is 12.4. The molecule has 1 N–H and O–H groups in total. The maximum atomic E-state index is 12.3. The van der Waals surface area contributed by atoms with Gasteiger partial charge in [0.2, 0.25) is 5.89 Å². The number of rotatable bonds is 1. The van der Waals surface area contributed by atoms with Gasteiger partial charge in [-0.3, -0.25) is 0 Å². The van der Waals surface area contributed by atoms with Crippen LogP contribution in [-0.4, -0.2) is 35.1 Å². The van der Waals surface area contributed by atoms with Gasteiger partial charge in [0.15, 0.2) is 5.69 Å². The minimum atomic E-state index is -4.54. The van der Waals surface area contributed by atoms with E-state index in [2.05, 4.69) is 4.98 Å². The number of aromatic nitrogens is 1. The van der Waals surface area contributed by atoms with Gasteiger partial charge in [-0.2, -0.15) is 13.2 Å². The summed E-state index contributed by atoms with van der Waals surface area (Å²) in [6.07, 6.45) is -3.35. The van der Waals surface area contributed by atoms with Gasteiger partial charge in [-0.15, -0.1) is 0 Å². The lowest BCUT2D eigenvalue weighted by molar-refractivity contribution is -0.141. The molecular weight excluding hydrogens is 237 g/mol. The van der Waals surface area contributed by atoms with Gasteiger partial charge in [0.1, 0.15) is 11.9 Å². The smallest absolute Gasteiger partial charge is 0.436 e. The lowest BCUT2D eigenvalue weighted by Gasteiger charge is -2.33. The third-order valence-corrected chi connectivity index (χ3v) is 3.01. The van der Waals surface area contributed by atoms with Crippen LogP contribution in [0.1, 0.15) is 24.4 Å². The zero-order chi connectivity index (χ0) is 12.7. The van der Waals surface area contributed by atoms with Crippen LogP contribution in [0.15, 0.2) is 10.7 Å². The average molecular weight is 250 g/mol. The van der Waals surface area contributed by atoms with E-state index < -0.39 is 17.5 Å². The number of piperidine rings is 1. The van der Waals surface area contributed by atoms with Crippen molar-refractivity contribution in [1.29, 1.82) is 0 Å². The minimum absolute atomic E-state index is 0.238. The first-order chi connectivity index (χ1) is 7.81. The van der Waals surface area contributed by atoms with Crippen LogP contribution in [0.4, 0.5) is 13.2 Å². The van der Waals surface area contributed by atoms with E-state index in [-0.39, 0.29) is 5.89 Å². The van der Waals surface area contributed by atoms with E-state index in [0.29, 0.717) is 32.2 Å². The SMILES string of the molecule is CN1CCC(O)(c2nc(C(F)(F)F)co2)CC1. The standard InChI is InChI=1S/C10H13F3N2O2/c1-15-4-2-9(16,3-5-15)8-14-7(6-17-8)10(11,12)13/h6,16H,2-5H2,1H3. The fourth-order valence-electron chi connectivity index (χ4n) is 1.82. The lowest BCUT2D eigenvalue weighted by Crippen LogP contribution is -2.41. The molecule has 0 saturated carbocycles. The number of alkyl halides is 3. The molecule has 0 aromatic carbocycles. The maximum Gasteiger partial charge on any atom is 0.436 e. The molecule has 0 atom stereocenters. The zero-order valence-corrected chi connectivity index (χ0v) is 9.29.